The number of nitrogens with zero attached hydrogens (tertiary/aromatic N) is 1. The minimum atomic E-state index is -0.337. The van der Waals surface area contributed by atoms with Crippen molar-refractivity contribution in [3.63, 3.8) is 0 Å². The summed E-state index contributed by atoms with van der Waals surface area (Å²) in [5, 5.41) is 11.7. The summed E-state index contributed by atoms with van der Waals surface area (Å²) in [7, 11) is 0. The summed E-state index contributed by atoms with van der Waals surface area (Å²) in [4.78, 5) is 25.5. The Morgan fingerprint density at radius 2 is 2.33 bits per heavy atom. The minimum Gasteiger partial charge on any atom is -0.459 e. The number of carbonyl (C=O) groups excluding carboxylic acids is 2. The standard InChI is InChI=1S/C14H20N2O5/c1-10-9-21-11(8-17)7-16(10)13(18)4-5-15-14(19)12-3-2-6-20-12/h2-3,6,10-11,17H,4-5,7-9H2,1H3,(H,15,19). The summed E-state index contributed by atoms with van der Waals surface area (Å²) in [6.07, 6.45) is 1.29. The van der Waals surface area contributed by atoms with E-state index in [1.54, 1.807) is 17.0 Å². The lowest BCUT2D eigenvalue weighted by molar-refractivity contribution is -0.146. The molecule has 116 valence electrons. The van der Waals surface area contributed by atoms with Crippen LogP contribution in [-0.4, -0.2) is 60.3 Å². The Balaban J connectivity index is 1.77. The summed E-state index contributed by atoms with van der Waals surface area (Å²) < 4.78 is 10.3. The lowest BCUT2D eigenvalue weighted by Gasteiger charge is -2.37. The highest BCUT2D eigenvalue weighted by atomic mass is 16.5. The number of ether oxygens (including phenoxy) is 1. The van der Waals surface area contributed by atoms with Crippen molar-refractivity contribution in [3.8, 4) is 0 Å². The van der Waals surface area contributed by atoms with Gasteiger partial charge in [0, 0.05) is 19.5 Å². The van der Waals surface area contributed by atoms with Crippen molar-refractivity contribution in [2.45, 2.75) is 25.5 Å². The third-order valence-corrected chi connectivity index (χ3v) is 3.40. The highest BCUT2D eigenvalue weighted by molar-refractivity contribution is 5.91. The summed E-state index contributed by atoms with van der Waals surface area (Å²) in [5.74, 6) is -0.178. The average Bonchev–Trinajstić information content (AvgIpc) is 3.01. The summed E-state index contributed by atoms with van der Waals surface area (Å²) in [5.41, 5.74) is 0. The molecule has 1 aliphatic rings. The van der Waals surface area contributed by atoms with Crippen molar-refractivity contribution >= 4 is 11.8 Å². The quantitative estimate of drug-likeness (QED) is 0.798. The fraction of sp³-hybridized carbons (Fsp3) is 0.571. The lowest BCUT2D eigenvalue weighted by Crippen LogP contribution is -2.52. The third-order valence-electron chi connectivity index (χ3n) is 3.40. The smallest absolute Gasteiger partial charge is 0.286 e. The van der Waals surface area contributed by atoms with E-state index in [4.69, 9.17) is 14.3 Å². The normalized spacial score (nSPS) is 22.1. The molecule has 2 unspecified atom stereocenters. The van der Waals surface area contributed by atoms with Gasteiger partial charge in [-0.05, 0) is 19.1 Å². The number of furan rings is 1. The first-order valence-electron chi connectivity index (χ1n) is 6.95. The zero-order valence-corrected chi connectivity index (χ0v) is 11.9. The highest BCUT2D eigenvalue weighted by Gasteiger charge is 2.28. The predicted octanol–water partition coefficient (Wildman–Crippen LogP) is 0.00770. The molecular weight excluding hydrogens is 276 g/mol. The first-order valence-corrected chi connectivity index (χ1v) is 6.95. The maximum Gasteiger partial charge on any atom is 0.286 e. The number of aliphatic hydroxyl groups excluding tert-OH is 1. The van der Waals surface area contributed by atoms with Crippen molar-refractivity contribution in [1.82, 2.24) is 10.2 Å². The molecule has 2 amide bonds. The van der Waals surface area contributed by atoms with E-state index in [-0.39, 0.29) is 49.3 Å². The summed E-state index contributed by atoms with van der Waals surface area (Å²) >= 11 is 0. The van der Waals surface area contributed by atoms with Gasteiger partial charge in [-0.1, -0.05) is 0 Å². The molecule has 1 aromatic heterocycles. The van der Waals surface area contributed by atoms with Crippen molar-refractivity contribution in [3.05, 3.63) is 24.2 Å². The maximum atomic E-state index is 12.2. The van der Waals surface area contributed by atoms with Crippen molar-refractivity contribution in [1.29, 1.82) is 0 Å². The number of rotatable bonds is 5. The molecule has 1 aromatic rings. The van der Waals surface area contributed by atoms with Crippen LogP contribution in [0.1, 0.15) is 23.9 Å². The minimum absolute atomic E-state index is 0.0268. The second kappa shape index (κ2) is 7.24. The molecule has 1 aliphatic heterocycles. The van der Waals surface area contributed by atoms with E-state index in [0.29, 0.717) is 13.2 Å². The first-order chi connectivity index (χ1) is 10.1. The molecule has 2 heterocycles. The van der Waals surface area contributed by atoms with Crippen LogP contribution in [-0.2, 0) is 9.53 Å². The van der Waals surface area contributed by atoms with E-state index in [1.807, 2.05) is 6.92 Å². The van der Waals surface area contributed by atoms with Crippen LogP contribution in [0.3, 0.4) is 0 Å². The van der Waals surface area contributed by atoms with Crippen LogP contribution in [0, 0.1) is 0 Å². The molecule has 2 rings (SSSR count). The van der Waals surface area contributed by atoms with Crippen LogP contribution in [0.4, 0.5) is 0 Å². The van der Waals surface area contributed by atoms with Crippen molar-refractivity contribution < 1.29 is 23.8 Å². The van der Waals surface area contributed by atoms with Crippen LogP contribution in [0.15, 0.2) is 22.8 Å². The van der Waals surface area contributed by atoms with Crippen LogP contribution in [0.5, 0.6) is 0 Å². The third kappa shape index (κ3) is 4.05. The fourth-order valence-electron chi connectivity index (χ4n) is 2.20. The van der Waals surface area contributed by atoms with Gasteiger partial charge in [-0.3, -0.25) is 9.59 Å². The Bertz CT molecular complexity index is 474. The van der Waals surface area contributed by atoms with Crippen LogP contribution in [0.2, 0.25) is 0 Å². The lowest BCUT2D eigenvalue weighted by atomic mass is 10.2. The SMILES string of the molecule is CC1COC(CO)CN1C(=O)CCNC(=O)c1ccco1. The topological polar surface area (TPSA) is 92.0 Å². The Hall–Kier alpha value is -1.86. The van der Waals surface area contributed by atoms with Gasteiger partial charge in [-0.15, -0.1) is 0 Å². The van der Waals surface area contributed by atoms with E-state index >= 15 is 0 Å². The number of aliphatic hydroxyl groups is 1. The van der Waals surface area contributed by atoms with Gasteiger partial charge in [0.1, 0.15) is 0 Å². The second-order valence-electron chi connectivity index (χ2n) is 5.02. The number of amides is 2. The van der Waals surface area contributed by atoms with Crippen molar-refractivity contribution in [2.24, 2.45) is 0 Å². The zero-order chi connectivity index (χ0) is 15.2. The van der Waals surface area contributed by atoms with Gasteiger partial charge in [-0.25, -0.2) is 0 Å². The number of carbonyl (C=O) groups is 2. The molecule has 0 aliphatic carbocycles. The van der Waals surface area contributed by atoms with Gasteiger partial charge in [-0.2, -0.15) is 0 Å². The monoisotopic (exact) mass is 296 g/mol. The molecule has 0 spiro atoms. The Kier molecular flexibility index (Phi) is 5.35. The summed E-state index contributed by atoms with van der Waals surface area (Å²) in [6.45, 7) is 2.82. The molecule has 7 nitrogen and oxygen atoms in total. The molecule has 2 atom stereocenters. The second-order valence-corrected chi connectivity index (χ2v) is 5.02. The van der Waals surface area contributed by atoms with Gasteiger partial charge in [0.05, 0.1) is 31.6 Å². The Labute approximate surface area is 122 Å². The van der Waals surface area contributed by atoms with E-state index in [9.17, 15) is 9.59 Å². The van der Waals surface area contributed by atoms with Crippen molar-refractivity contribution in [2.75, 3.05) is 26.3 Å². The van der Waals surface area contributed by atoms with Gasteiger partial charge in [0.15, 0.2) is 5.76 Å². The number of hydrogen-bond donors (Lipinski definition) is 2. The molecule has 0 saturated carbocycles. The van der Waals surface area contributed by atoms with Gasteiger partial charge in [0.25, 0.3) is 5.91 Å². The highest BCUT2D eigenvalue weighted by Crippen LogP contribution is 2.12. The molecule has 1 fully saturated rings. The molecule has 0 bridgehead atoms. The molecule has 7 heteroatoms. The van der Waals surface area contributed by atoms with E-state index < -0.39 is 0 Å². The predicted molar refractivity (Wildman–Crippen MR) is 73.7 cm³/mol. The van der Waals surface area contributed by atoms with Gasteiger partial charge in [0.2, 0.25) is 5.91 Å². The van der Waals surface area contributed by atoms with Crippen LogP contribution < -0.4 is 5.32 Å². The molecular formula is C14H20N2O5. The van der Waals surface area contributed by atoms with Crippen LogP contribution in [0.25, 0.3) is 0 Å². The largest absolute Gasteiger partial charge is 0.459 e. The van der Waals surface area contributed by atoms with Gasteiger partial charge < -0.3 is 24.5 Å². The zero-order valence-electron chi connectivity index (χ0n) is 11.9. The molecule has 0 radical (unpaired) electrons. The molecule has 1 saturated heterocycles. The van der Waals surface area contributed by atoms with E-state index in [0.717, 1.165) is 0 Å². The molecule has 0 aromatic carbocycles. The average molecular weight is 296 g/mol. The van der Waals surface area contributed by atoms with Gasteiger partial charge >= 0.3 is 0 Å². The number of nitrogens with one attached hydrogen (secondary N) is 1. The Morgan fingerprint density at radius 3 is 3.00 bits per heavy atom. The maximum absolute atomic E-state index is 12.2. The number of hydrogen-bond acceptors (Lipinski definition) is 5. The summed E-state index contributed by atoms with van der Waals surface area (Å²) in [6, 6.07) is 3.17. The number of morpholine rings is 1. The fourth-order valence-corrected chi connectivity index (χ4v) is 2.20. The van der Waals surface area contributed by atoms with E-state index in [1.165, 1.54) is 6.26 Å². The van der Waals surface area contributed by atoms with E-state index in [2.05, 4.69) is 5.32 Å². The molecule has 2 N–H and O–H groups in total. The van der Waals surface area contributed by atoms with Crippen LogP contribution >= 0.6 is 0 Å². The molecule has 21 heavy (non-hydrogen) atoms. The first kappa shape index (κ1) is 15.5. The Morgan fingerprint density at radius 1 is 1.52 bits per heavy atom.